The number of nitrogens with one attached hydrogen (secondary N) is 1. The Morgan fingerprint density at radius 3 is 2.53 bits per heavy atom. The largest absolute Gasteiger partial charge is 0.495 e. The molecule has 8 nitrogen and oxygen atoms in total. The molecule has 0 spiro atoms. The lowest BCUT2D eigenvalue weighted by atomic mass is 10.1. The van der Waals surface area contributed by atoms with Gasteiger partial charge in [-0.25, -0.2) is 12.7 Å². The molecule has 1 fully saturated rings. The highest BCUT2D eigenvalue weighted by Crippen LogP contribution is 2.30. The van der Waals surface area contributed by atoms with Crippen molar-refractivity contribution in [3.8, 4) is 5.75 Å². The molecule has 1 N–H and O–H groups in total. The van der Waals surface area contributed by atoms with Crippen LogP contribution >= 0.6 is 0 Å². The number of rotatable bonds is 7. The number of carbonyl (C=O) groups excluding carboxylic acids is 2. The smallest absolute Gasteiger partial charge is 0.242 e. The topological polar surface area (TPSA) is 96.0 Å². The first-order valence-electron chi connectivity index (χ1n) is 9.45. The Kier molecular flexibility index (Phi) is 6.42. The Morgan fingerprint density at radius 1 is 1.20 bits per heavy atom. The molecule has 1 atom stereocenters. The first-order valence-corrected chi connectivity index (χ1v) is 10.9. The van der Waals surface area contributed by atoms with E-state index in [4.69, 9.17) is 4.74 Å². The molecule has 1 aliphatic rings. The highest BCUT2D eigenvalue weighted by atomic mass is 32.2. The van der Waals surface area contributed by atoms with Crippen LogP contribution in [0.2, 0.25) is 0 Å². The fraction of sp³-hybridized carbons (Fsp3) is 0.333. The number of likely N-dealkylation sites (tertiary alicyclic amines) is 1. The summed E-state index contributed by atoms with van der Waals surface area (Å²) in [5.74, 6) is -0.627. The van der Waals surface area contributed by atoms with Crippen LogP contribution in [0, 0.1) is 5.92 Å². The molecule has 0 aromatic heterocycles. The van der Waals surface area contributed by atoms with E-state index < -0.39 is 15.9 Å². The van der Waals surface area contributed by atoms with Crippen LogP contribution in [0.1, 0.15) is 12.0 Å². The van der Waals surface area contributed by atoms with Crippen molar-refractivity contribution in [3.05, 3.63) is 54.1 Å². The maximum atomic E-state index is 12.8. The number of hydrogen-bond donors (Lipinski definition) is 1. The van der Waals surface area contributed by atoms with Gasteiger partial charge >= 0.3 is 0 Å². The van der Waals surface area contributed by atoms with E-state index >= 15 is 0 Å². The summed E-state index contributed by atoms with van der Waals surface area (Å²) in [6.45, 7) is 0.751. The maximum Gasteiger partial charge on any atom is 0.242 e. The van der Waals surface area contributed by atoms with E-state index in [9.17, 15) is 18.0 Å². The van der Waals surface area contributed by atoms with Gasteiger partial charge in [0.15, 0.2) is 0 Å². The molecule has 0 aliphatic carbocycles. The van der Waals surface area contributed by atoms with Gasteiger partial charge in [-0.05, 0) is 23.8 Å². The van der Waals surface area contributed by atoms with Gasteiger partial charge in [0.05, 0.1) is 23.6 Å². The Labute approximate surface area is 176 Å². The van der Waals surface area contributed by atoms with Gasteiger partial charge in [0, 0.05) is 33.6 Å². The van der Waals surface area contributed by atoms with Crippen LogP contribution in [0.25, 0.3) is 0 Å². The van der Waals surface area contributed by atoms with Crippen LogP contribution in [-0.4, -0.2) is 57.2 Å². The van der Waals surface area contributed by atoms with Gasteiger partial charge in [-0.1, -0.05) is 30.3 Å². The van der Waals surface area contributed by atoms with Gasteiger partial charge < -0.3 is 15.0 Å². The van der Waals surface area contributed by atoms with Crippen LogP contribution in [-0.2, 0) is 26.2 Å². The minimum absolute atomic E-state index is 0.0387. The summed E-state index contributed by atoms with van der Waals surface area (Å²) < 4.78 is 31.2. The van der Waals surface area contributed by atoms with Crippen molar-refractivity contribution in [2.24, 2.45) is 5.92 Å². The molecule has 2 aromatic rings. The minimum atomic E-state index is -3.67. The van der Waals surface area contributed by atoms with Crippen molar-refractivity contribution < 1.29 is 22.7 Å². The van der Waals surface area contributed by atoms with Crippen molar-refractivity contribution in [1.29, 1.82) is 0 Å². The number of methoxy groups -OCH3 is 1. The number of amides is 2. The summed E-state index contributed by atoms with van der Waals surface area (Å²) >= 11 is 0. The Hall–Kier alpha value is -2.91. The van der Waals surface area contributed by atoms with Crippen molar-refractivity contribution >= 4 is 27.5 Å². The normalized spacial score (nSPS) is 16.7. The average Bonchev–Trinajstić information content (AvgIpc) is 3.09. The van der Waals surface area contributed by atoms with Crippen LogP contribution in [0.5, 0.6) is 5.75 Å². The standard InChI is InChI=1S/C21H25N3O5S/c1-23(2)30(27,28)17-9-10-19(29-3)18(12-17)22-21(26)16-11-20(25)24(14-16)13-15-7-5-4-6-8-15/h4-10,12,16H,11,13-14H2,1-3H3,(H,22,26). The number of nitrogens with zero attached hydrogens (tertiary/aromatic N) is 2. The summed E-state index contributed by atoms with van der Waals surface area (Å²) in [6, 6.07) is 13.9. The number of hydrogen-bond acceptors (Lipinski definition) is 5. The highest BCUT2D eigenvalue weighted by molar-refractivity contribution is 7.89. The minimum Gasteiger partial charge on any atom is -0.495 e. The Bertz CT molecular complexity index is 1040. The first kappa shape index (κ1) is 21.8. The molecule has 3 rings (SSSR count). The number of ether oxygens (including phenoxy) is 1. The monoisotopic (exact) mass is 431 g/mol. The molecule has 0 radical (unpaired) electrons. The van der Waals surface area contributed by atoms with E-state index in [0.29, 0.717) is 18.8 Å². The summed E-state index contributed by atoms with van der Waals surface area (Å²) in [5.41, 5.74) is 1.24. The SMILES string of the molecule is COc1ccc(S(=O)(=O)N(C)C)cc1NC(=O)C1CC(=O)N(Cc2ccccc2)C1. The zero-order valence-electron chi connectivity index (χ0n) is 17.2. The molecule has 2 amide bonds. The molecule has 1 heterocycles. The molecule has 160 valence electrons. The molecule has 1 saturated heterocycles. The third kappa shape index (κ3) is 4.63. The maximum absolute atomic E-state index is 12.8. The van der Waals surface area contributed by atoms with E-state index in [1.807, 2.05) is 30.3 Å². The lowest BCUT2D eigenvalue weighted by Crippen LogP contribution is -2.28. The van der Waals surface area contributed by atoms with Crippen LogP contribution in [0.15, 0.2) is 53.4 Å². The molecule has 1 unspecified atom stereocenters. The summed E-state index contributed by atoms with van der Waals surface area (Å²) in [7, 11) is 0.637. The second kappa shape index (κ2) is 8.85. The van der Waals surface area contributed by atoms with Gasteiger partial charge in [0.2, 0.25) is 21.8 Å². The van der Waals surface area contributed by atoms with Crippen molar-refractivity contribution in [2.75, 3.05) is 33.1 Å². The zero-order valence-corrected chi connectivity index (χ0v) is 18.0. The van der Waals surface area contributed by atoms with Crippen molar-refractivity contribution in [2.45, 2.75) is 17.9 Å². The number of sulfonamides is 1. The van der Waals surface area contributed by atoms with Gasteiger partial charge in [0.25, 0.3) is 0 Å². The van der Waals surface area contributed by atoms with E-state index in [1.54, 1.807) is 4.90 Å². The summed E-state index contributed by atoms with van der Waals surface area (Å²) in [5, 5.41) is 2.73. The third-order valence-electron chi connectivity index (χ3n) is 5.01. The quantitative estimate of drug-likeness (QED) is 0.723. The van der Waals surface area contributed by atoms with Gasteiger partial charge in [-0.3, -0.25) is 9.59 Å². The fourth-order valence-electron chi connectivity index (χ4n) is 3.30. The summed E-state index contributed by atoms with van der Waals surface area (Å²) in [4.78, 5) is 26.9. The molecular formula is C21H25N3O5S. The molecule has 30 heavy (non-hydrogen) atoms. The van der Waals surface area contributed by atoms with Crippen LogP contribution in [0.4, 0.5) is 5.69 Å². The second-order valence-electron chi connectivity index (χ2n) is 7.30. The number of anilines is 1. The fourth-order valence-corrected chi connectivity index (χ4v) is 4.22. The zero-order chi connectivity index (χ0) is 21.9. The molecule has 2 aromatic carbocycles. The van der Waals surface area contributed by atoms with Gasteiger partial charge in [-0.15, -0.1) is 0 Å². The highest BCUT2D eigenvalue weighted by Gasteiger charge is 2.34. The van der Waals surface area contributed by atoms with Crippen LogP contribution in [0.3, 0.4) is 0 Å². The van der Waals surface area contributed by atoms with Crippen LogP contribution < -0.4 is 10.1 Å². The molecular weight excluding hydrogens is 406 g/mol. The predicted molar refractivity (Wildman–Crippen MR) is 112 cm³/mol. The lowest BCUT2D eigenvalue weighted by Gasteiger charge is -2.18. The lowest BCUT2D eigenvalue weighted by molar-refractivity contribution is -0.128. The molecule has 1 aliphatic heterocycles. The van der Waals surface area contributed by atoms with Crippen molar-refractivity contribution in [3.63, 3.8) is 0 Å². The number of carbonyl (C=O) groups is 2. The van der Waals surface area contributed by atoms with Gasteiger partial charge in [0.1, 0.15) is 5.75 Å². The Balaban J connectivity index is 1.75. The number of benzene rings is 2. The molecule has 9 heteroatoms. The van der Waals surface area contributed by atoms with E-state index in [0.717, 1.165) is 9.87 Å². The summed E-state index contributed by atoms with van der Waals surface area (Å²) in [6.07, 6.45) is 0.108. The van der Waals surface area contributed by atoms with E-state index in [2.05, 4.69) is 5.32 Å². The first-order chi connectivity index (χ1) is 14.2. The molecule has 0 saturated carbocycles. The average molecular weight is 432 g/mol. The van der Waals surface area contributed by atoms with E-state index in [-0.39, 0.29) is 28.8 Å². The molecule has 0 bridgehead atoms. The van der Waals surface area contributed by atoms with Crippen molar-refractivity contribution in [1.82, 2.24) is 9.21 Å². The van der Waals surface area contributed by atoms with E-state index in [1.165, 1.54) is 39.4 Å². The predicted octanol–water partition coefficient (Wildman–Crippen LogP) is 1.93. The third-order valence-corrected chi connectivity index (χ3v) is 6.82. The second-order valence-corrected chi connectivity index (χ2v) is 9.45. The van der Waals surface area contributed by atoms with Gasteiger partial charge in [-0.2, -0.15) is 0 Å². The Morgan fingerprint density at radius 2 is 1.90 bits per heavy atom.